The van der Waals surface area contributed by atoms with E-state index in [0.29, 0.717) is 6.04 Å². The second kappa shape index (κ2) is 3.88. The van der Waals surface area contributed by atoms with Gasteiger partial charge < -0.3 is 5.32 Å². The van der Waals surface area contributed by atoms with E-state index in [1.807, 2.05) is 5.32 Å². The molecule has 0 aliphatic heterocycles. The fourth-order valence-electron chi connectivity index (χ4n) is 0.902. The van der Waals surface area contributed by atoms with Gasteiger partial charge >= 0.3 is 0 Å². The maximum Gasteiger partial charge on any atom is 0.0848 e. The van der Waals surface area contributed by atoms with Crippen molar-refractivity contribution in [3.05, 3.63) is 41.3 Å². The summed E-state index contributed by atoms with van der Waals surface area (Å²) in [5, 5.41) is 1.95. The van der Waals surface area contributed by atoms with Gasteiger partial charge in [0.15, 0.2) is 0 Å². The molecule has 0 fully saturated rings. The summed E-state index contributed by atoms with van der Waals surface area (Å²) in [6, 6.07) is 8.76. The van der Waals surface area contributed by atoms with Crippen LogP contribution < -0.4 is 5.32 Å². The van der Waals surface area contributed by atoms with E-state index < -0.39 is 0 Å². The first kappa shape index (κ1) is 8.75. The standard InChI is InChI=1S/C9H12BrN/c1-7(11-2)8-3-5-9(10)6-4-8/h3-7H,2,11H2,1H3/t7-/m1/s1. The van der Waals surface area contributed by atoms with Crippen molar-refractivity contribution in [2.24, 2.45) is 0 Å². The van der Waals surface area contributed by atoms with Gasteiger partial charge in [-0.3, -0.25) is 0 Å². The Kier molecular flexibility index (Phi) is 3.09. The molecule has 1 aromatic rings. The quantitative estimate of drug-likeness (QED) is 0.723. The Balaban J connectivity index is 2.81. The molecule has 0 aliphatic carbocycles. The van der Waals surface area contributed by atoms with Crippen molar-refractivity contribution in [1.29, 1.82) is 0 Å². The van der Waals surface area contributed by atoms with E-state index in [4.69, 9.17) is 0 Å². The highest BCUT2D eigenvalue weighted by atomic mass is 79.9. The van der Waals surface area contributed by atoms with Crippen LogP contribution in [-0.4, -0.2) is 0 Å². The van der Waals surface area contributed by atoms with Gasteiger partial charge in [0.25, 0.3) is 0 Å². The van der Waals surface area contributed by atoms with E-state index in [9.17, 15) is 0 Å². The summed E-state index contributed by atoms with van der Waals surface area (Å²) in [6.45, 7) is 2.14. The number of nitrogens with two attached hydrogens (primary N) is 1. The van der Waals surface area contributed by atoms with E-state index in [0.717, 1.165) is 4.47 Å². The van der Waals surface area contributed by atoms with Crippen molar-refractivity contribution in [3.63, 3.8) is 0 Å². The second-order valence-corrected chi connectivity index (χ2v) is 3.49. The average molecular weight is 214 g/mol. The summed E-state index contributed by atoms with van der Waals surface area (Å²) in [5.41, 5.74) is 1.31. The highest BCUT2D eigenvalue weighted by Gasteiger charge is 2.01. The predicted molar refractivity (Wildman–Crippen MR) is 49.8 cm³/mol. The van der Waals surface area contributed by atoms with Gasteiger partial charge in [0, 0.05) is 10.0 Å². The second-order valence-electron chi connectivity index (χ2n) is 2.58. The first-order chi connectivity index (χ1) is 5.24. The molecule has 1 nitrogen and oxygen atoms in total. The van der Waals surface area contributed by atoms with Crippen LogP contribution in [0.4, 0.5) is 0 Å². The highest BCUT2D eigenvalue weighted by molar-refractivity contribution is 9.10. The number of halogens is 1. The fourth-order valence-corrected chi connectivity index (χ4v) is 1.17. The van der Waals surface area contributed by atoms with Gasteiger partial charge in [0.05, 0.1) is 6.04 Å². The van der Waals surface area contributed by atoms with Crippen LogP contribution in [0.15, 0.2) is 28.7 Å². The van der Waals surface area contributed by atoms with Crippen molar-refractivity contribution in [2.45, 2.75) is 13.0 Å². The lowest BCUT2D eigenvalue weighted by molar-refractivity contribution is -0.637. The molecular weight excluding hydrogens is 202 g/mol. The molecule has 2 N–H and O–H groups in total. The predicted octanol–water partition coefficient (Wildman–Crippen LogP) is 1.87. The van der Waals surface area contributed by atoms with Crippen LogP contribution >= 0.6 is 15.9 Å². The Hall–Kier alpha value is -0.340. The molecule has 1 aromatic carbocycles. The normalized spacial score (nSPS) is 13.0. The van der Waals surface area contributed by atoms with Crippen molar-refractivity contribution in [3.8, 4) is 0 Å². The molecule has 1 atom stereocenters. The van der Waals surface area contributed by atoms with Gasteiger partial charge in [-0.15, -0.1) is 0 Å². The Morgan fingerprint density at radius 1 is 1.36 bits per heavy atom. The summed E-state index contributed by atoms with van der Waals surface area (Å²) in [6.07, 6.45) is 0. The molecule has 2 heteroatoms. The summed E-state index contributed by atoms with van der Waals surface area (Å²) >= 11 is 3.39. The summed E-state index contributed by atoms with van der Waals surface area (Å²) in [4.78, 5) is 0. The Bertz CT molecular complexity index is 218. The third kappa shape index (κ3) is 2.31. The van der Waals surface area contributed by atoms with Gasteiger partial charge in [-0.05, 0) is 19.1 Å². The van der Waals surface area contributed by atoms with E-state index in [1.165, 1.54) is 5.56 Å². The molecule has 0 heterocycles. The molecule has 0 spiro atoms. The molecule has 0 aromatic heterocycles. The van der Waals surface area contributed by atoms with E-state index in [1.54, 1.807) is 0 Å². The molecule has 0 aliphatic rings. The highest BCUT2D eigenvalue weighted by Crippen LogP contribution is 2.13. The van der Waals surface area contributed by atoms with Crippen molar-refractivity contribution < 1.29 is 5.32 Å². The Morgan fingerprint density at radius 3 is 2.36 bits per heavy atom. The topological polar surface area (TPSA) is 16.6 Å². The average Bonchev–Trinajstić information content (AvgIpc) is 2.05. The third-order valence-electron chi connectivity index (χ3n) is 1.75. The van der Waals surface area contributed by atoms with Gasteiger partial charge in [-0.1, -0.05) is 28.1 Å². The van der Waals surface area contributed by atoms with Crippen molar-refractivity contribution in [1.82, 2.24) is 0 Å². The van der Waals surface area contributed by atoms with Crippen molar-refractivity contribution in [2.75, 3.05) is 0 Å². The van der Waals surface area contributed by atoms with Gasteiger partial charge in [-0.2, -0.15) is 7.05 Å². The minimum absolute atomic E-state index is 0.447. The van der Waals surface area contributed by atoms with Gasteiger partial charge in [-0.25, -0.2) is 0 Å². The zero-order valence-corrected chi connectivity index (χ0v) is 8.14. The van der Waals surface area contributed by atoms with Crippen LogP contribution in [0.2, 0.25) is 0 Å². The fraction of sp³-hybridized carbons (Fsp3) is 0.222. The van der Waals surface area contributed by atoms with E-state index in [2.05, 4.69) is 54.2 Å². The molecule has 0 saturated heterocycles. The molecule has 0 unspecified atom stereocenters. The van der Waals surface area contributed by atoms with E-state index >= 15 is 0 Å². The molecule has 0 bridgehead atoms. The molecular formula is C9H12BrN. The first-order valence-electron chi connectivity index (χ1n) is 3.62. The number of benzene rings is 1. The number of quaternary nitrogens is 1. The zero-order chi connectivity index (χ0) is 8.27. The minimum atomic E-state index is 0.447. The van der Waals surface area contributed by atoms with Gasteiger partial charge in [0.1, 0.15) is 0 Å². The molecule has 0 saturated carbocycles. The zero-order valence-electron chi connectivity index (χ0n) is 6.55. The number of hydrogen-bond acceptors (Lipinski definition) is 0. The Labute approximate surface area is 75.9 Å². The molecule has 0 amide bonds. The first-order valence-corrected chi connectivity index (χ1v) is 4.41. The number of hydrogen-bond donors (Lipinski definition) is 1. The lowest BCUT2D eigenvalue weighted by Crippen LogP contribution is -2.77. The maximum absolute atomic E-state index is 3.75. The van der Waals surface area contributed by atoms with Crippen LogP contribution in [0.5, 0.6) is 0 Å². The monoisotopic (exact) mass is 213 g/mol. The van der Waals surface area contributed by atoms with Crippen LogP contribution in [0, 0.1) is 7.05 Å². The summed E-state index contributed by atoms with van der Waals surface area (Å²) < 4.78 is 1.12. The van der Waals surface area contributed by atoms with Gasteiger partial charge in [0.2, 0.25) is 0 Å². The maximum atomic E-state index is 3.75. The molecule has 11 heavy (non-hydrogen) atoms. The lowest BCUT2D eigenvalue weighted by atomic mass is 10.1. The van der Waals surface area contributed by atoms with Crippen LogP contribution in [0.1, 0.15) is 18.5 Å². The smallest absolute Gasteiger partial charge is 0.0848 e. The minimum Gasteiger partial charge on any atom is -0.473 e. The molecule has 60 valence electrons. The van der Waals surface area contributed by atoms with Crippen LogP contribution in [-0.2, 0) is 0 Å². The van der Waals surface area contributed by atoms with Crippen LogP contribution in [0.3, 0.4) is 0 Å². The lowest BCUT2D eigenvalue weighted by Gasteiger charge is -2.10. The van der Waals surface area contributed by atoms with Crippen LogP contribution in [0.25, 0.3) is 0 Å². The summed E-state index contributed by atoms with van der Waals surface area (Å²) in [5.74, 6) is 0. The molecule has 1 rings (SSSR count). The van der Waals surface area contributed by atoms with E-state index in [-0.39, 0.29) is 0 Å². The Morgan fingerprint density at radius 2 is 1.91 bits per heavy atom. The summed E-state index contributed by atoms with van der Waals surface area (Å²) in [7, 11) is 3.75. The SMILES string of the molecule is [CH2-][NH2+][C@H](C)c1ccc(Br)cc1. The third-order valence-corrected chi connectivity index (χ3v) is 2.28. The molecule has 0 radical (unpaired) electrons. The van der Waals surface area contributed by atoms with Crippen molar-refractivity contribution >= 4 is 15.9 Å². The largest absolute Gasteiger partial charge is 0.473 e. The number of rotatable bonds is 2.